The summed E-state index contributed by atoms with van der Waals surface area (Å²) in [4.78, 5) is 0. The lowest BCUT2D eigenvalue weighted by molar-refractivity contribution is 0.220. The number of rotatable bonds is 2. The summed E-state index contributed by atoms with van der Waals surface area (Å²) in [6.07, 6.45) is -0.613. The second kappa shape index (κ2) is 4.60. The standard InChI is InChI=1S/C15H17NO/c1-10-6-7-13(8-11(10)2)15(17)12-4-3-5-14(16)9-12/h3-9,15,17H,16H2,1-2H3/t15-/m1/s1. The molecule has 0 heterocycles. The predicted octanol–water partition coefficient (Wildman–Crippen LogP) is 2.97. The molecule has 0 unspecified atom stereocenters. The maximum atomic E-state index is 10.3. The minimum atomic E-state index is -0.613. The van der Waals surface area contributed by atoms with E-state index in [1.165, 1.54) is 11.1 Å². The van der Waals surface area contributed by atoms with Gasteiger partial charge in [-0.25, -0.2) is 0 Å². The van der Waals surface area contributed by atoms with Crippen molar-refractivity contribution in [2.75, 3.05) is 5.73 Å². The van der Waals surface area contributed by atoms with Crippen molar-refractivity contribution in [2.45, 2.75) is 20.0 Å². The molecular formula is C15H17NO. The number of aliphatic hydroxyl groups is 1. The molecule has 0 aliphatic rings. The van der Waals surface area contributed by atoms with E-state index in [1.807, 2.05) is 43.3 Å². The summed E-state index contributed by atoms with van der Waals surface area (Å²) in [7, 11) is 0. The second-order valence-corrected chi connectivity index (χ2v) is 4.42. The topological polar surface area (TPSA) is 46.2 Å². The Morgan fingerprint density at radius 2 is 1.65 bits per heavy atom. The fourth-order valence-electron chi connectivity index (χ4n) is 1.86. The molecule has 88 valence electrons. The number of nitrogen functional groups attached to an aromatic ring is 1. The molecule has 2 heteroatoms. The largest absolute Gasteiger partial charge is 0.399 e. The van der Waals surface area contributed by atoms with Crippen LogP contribution in [-0.4, -0.2) is 5.11 Å². The number of benzene rings is 2. The van der Waals surface area contributed by atoms with Gasteiger partial charge in [0.25, 0.3) is 0 Å². The molecule has 0 aromatic heterocycles. The Bertz CT molecular complexity index is 534. The van der Waals surface area contributed by atoms with Crippen LogP contribution in [0.15, 0.2) is 42.5 Å². The number of hydrogen-bond acceptors (Lipinski definition) is 2. The van der Waals surface area contributed by atoms with Crippen LogP contribution in [0.25, 0.3) is 0 Å². The number of aliphatic hydroxyl groups excluding tert-OH is 1. The van der Waals surface area contributed by atoms with Crippen LogP contribution in [0.3, 0.4) is 0 Å². The van der Waals surface area contributed by atoms with Crippen molar-refractivity contribution in [1.82, 2.24) is 0 Å². The fraction of sp³-hybridized carbons (Fsp3) is 0.200. The number of hydrogen-bond donors (Lipinski definition) is 2. The van der Waals surface area contributed by atoms with Gasteiger partial charge in [-0.3, -0.25) is 0 Å². The second-order valence-electron chi connectivity index (χ2n) is 4.42. The van der Waals surface area contributed by atoms with Crippen LogP contribution in [0.2, 0.25) is 0 Å². The number of anilines is 1. The van der Waals surface area contributed by atoms with Crippen LogP contribution in [0.4, 0.5) is 5.69 Å². The summed E-state index contributed by atoms with van der Waals surface area (Å²) in [6.45, 7) is 4.11. The van der Waals surface area contributed by atoms with Gasteiger partial charge >= 0.3 is 0 Å². The Labute approximate surface area is 102 Å². The van der Waals surface area contributed by atoms with E-state index in [0.29, 0.717) is 5.69 Å². The minimum absolute atomic E-state index is 0.613. The molecule has 3 N–H and O–H groups in total. The van der Waals surface area contributed by atoms with Gasteiger partial charge in [0.15, 0.2) is 0 Å². The molecule has 17 heavy (non-hydrogen) atoms. The van der Waals surface area contributed by atoms with Crippen molar-refractivity contribution in [3.8, 4) is 0 Å². The third kappa shape index (κ3) is 2.48. The minimum Gasteiger partial charge on any atom is -0.399 e. The van der Waals surface area contributed by atoms with Gasteiger partial charge in [0.1, 0.15) is 6.10 Å². The maximum Gasteiger partial charge on any atom is 0.104 e. The first kappa shape index (κ1) is 11.7. The van der Waals surface area contributed by atoms with E-state index in [9.17, 15) is 5.11 Å². The molecule has 2 nitrogen and oxygen atoms in total. The zero-order valence-electron chi connectivity index (χ0n) is 10.1. The van der Waals surface area contributed by atoms with E-state index in [1.54, 1.807) is 6.07 Å². The van der Waals surface area contributed by atoms with Gasteiger partial charge in [-0.15, -0.1) is 0 Å². The molecule has 0 amide bonds. The smallest absolute Gasteiger partial charge is 0.104 e. The molecule has 0 aliphatic heterocycles. The zero-order valence-corrected chi connectivity index (χ0v) is 10.1. The lowest BCUT2D eigenvalue weighted by Crippen LogP contribution is -2.01. The molecule has 2 aromatic carbocycles. The summed E-state index contributed by atoms with van der Waals surface area (Å²) in [5, 5.41) is 10.3. The van der Waals surface area contributed by atoms with Gasteiger partial charge in [-0.05, 0) is 48.2 Å². The molecule has 2 aromatic rings. The maximum absolute atomic E-state index is 10.3. The normalized spacial score (nSPS) is 12.4. The lowest BCUT2D eigenvalue weighted by Gasteiger charge is -2.13. The number of aryl methyl sites for hydroxylation is 2. The van der Waals surface area contributed by atoms with Gasteiger partial charge in [0, 0.05) is 5.69 Å². The lowest BCUT2D eigenvalue weighted by atomic mass is 9.98. The third-order valence-electron chi connectivity index (χ3n) is 3.07. The van der Waals surface area contributed by atoms with Crippen molar-refractivity contribution in [3.63, 3.8) is 0 Å². The van der Waals surface area contributed by atoms with E-state index in [2.05, 4.69) is 6.92 Å². The van der Waals surface area contributed by atoms with Crippen LogP contribution >= 0.6 is 0 Å². The quantitative estimate of drug-likeness (QED) is 0.775. The van der Waals surface area contributed by atoms with Crippen molar-refractivity contribution in [2.24, 2.45) is 0 Å². The van der Waals surface area contributed by atoms with Crippen molar-refractivity contribution in [3.05, 3.63) is 64.7 Å². The first-order valence-electron chi connectivity index (χ1n) is 5.68. The first-order valence-corrected chi connectivity index (χ1v) is 5.68. The van der Waals surface area contributed by atoms with Crippen LogP contribution < -0.4 is 5.73 Å². The molecule has 0 saturated carbocycles. The Hall–Kier alpha value is -1.80. The summed E-state index contributed by atoms with van der Waals surface area (Å²) in [5.41, 5.74) is 10.5. The summed E-state index contributed by atoms with van der Waals surface area (Å²) in [6, 6.07) is 13.4. The van der Waals surface area contributed by atoms with Crippen molar-refractivity contribution < 1.29 is 5.11 Å². The van der Waals surface area contributed by atoms with E-state index >= 15 is 0 Å². The molecule has 0 radical (unpaired) electrons. The van der Waals surface area contributed by atoms with Crippen LogP contribution in [-0.2, 0) is 0 Å². The SMILES string of the molecule is Cc1ccc([C@H](O)c2cccc(N)c2)cc1C. The zero-order chi connectivity index (χ0) is 12.4. The van der Waals surface area contributed by atoms with Crippen LogP contribution in [0.1, 0.15) is 28.4 Å². The molecule has 0 spiro atoms. The summed E-state index contributed by atoms with van der Waals surface area (Å²) in [5.74, 6) is 0. The predicted molar refractivity (Wildman–Crippen MR) is 70.8 cm³/mol. The average molecular weight is 227 g/mol. The Morgan fingerprint density at radius 1 is 0.941 bits per heavy atom. The summed E-state index contributed by atoms with van der Waals surface area (Å²) < 4.78 is 0. The van der Waals surface area contributed by atoms with Crippen molar-refractivity contribution >= 4 is 5.69 Å². The molecule has 0 fully saturated rings. The molecule has 0 bridgehead atoms. The highest BCUT2D eigenvalue weighted by Crippen LogP contribution is 2.24. The van der Waals surface area contributed by atoms with Gasteiger partial charge < -0.3 is 10.8 Å². The van der Waals surface area contributed by atoms with Gasteiger partial charge in [-0.1, -0.05) is 30.3 Å². The highest BCUT2D eigenvalue weighted by atomic mass is 16.3. The van der Waals surface area contributed by atoms with Crippen molar-refractivity contribution in [1.29, 1.82) is 0 Å². The molecule has 1 atom stereocenters. The average Bonchev–Trinajstić information content (AvgIpc) is 2.32. The highest BCUT2D eigenvalue weighted by molar-refractivity contribution is 5.44. The monoisotopic (exact) mass is 227 g/mol. The summed E-state index contributed by atoms with van der Waals surface area (Å²) >= 11 is 0. The molecule has 0 aliphatic carbocycles. The van der Waals surface area contributed by atoms with Gasteiger partial charge in [-0.2, -0.15) is 0 Å². The van der Waals surface area contributed by atoms with Crippen LogP contribution in [0, 0.1) is 13.8 Å². The Kier molecular flexibility index (Phi) is 3.16. The molecular weight excluding hydrogens is 210 g/mol. The van der Waals surface area contributed by atoms with Crippen LogP contribution in [0.5, 0.6) is 0 Å². The van der Waals surface area contributed by atoms with Gasteiger partial charge in [0.2, 0.25) is 0 Å². The van der Waals surface area contributed by atoms with E-state index in [-0.39, 0.29) is 0 Å². The molecule has 0 saturated heterocycles. The fourth-order valence-corrected chi connectivity index (χ4v) is 1.86. The van der Waals surface area contributed by atoms with Gasteiger partial charge in [0.05, 0.1) is 0 Å². The number of nitrogens with two attached hydrogens (primary N) is 1. The Morgan fingerprint density at radius 3 is 2.29 bits per heavy atom. The Balaban J connectivity index is 2.36. The van der Waals surface area contributed by atoms with E-state index < -0.39 is 6.10 Å². The molecule has 2 rings (SSSR count). The third-order valence-corrected chi connectivity index (χ3v) is 3.07. The van der Waals surface area contributed by atoms with E-state index in [0.717, 1.165) is 11.1 Å². The van der Waals surface area contributed by atoms with E-state index in [4.69, 9.17) is 5.73 Å². The highest BCUT2D eigenvalue weighted by Gasteiger charge is 2.10. The first-order chi connectivity index (χ1) is 8.08.